The topological polar surface area (TPSA) is 32.8 Å². The Morgan fingerprint density at radius 3 is 2.82 bits per heavy atom. The summed E-state index contributed by atoms with van der Waals surface area (Å²) < 4.78 is 5.86. The first-order valence-electron chi connectivity index (χ1n) is 11.5. The molecule has 0 N–H and O–H groups in total. The third-order valence-electron chi connectivity index (χ3n) is 7.67. The number of rotatable bonds is 4. The van der Waals surface area contributed by atoms with E-state index >= 15 is 0 Å². The predicted molar refractivity (Wildman–Crippen MR) is 110 cm³/mol. The molecule has 0 bridgehead atoms. The van der Waals surface area contributed by atoms with Gasteiger partial charge in [0.15, 0.2) is 0 Å². The molecule has 3 heterocycles. The van der Waals surface area contributed by atoms with Crippen LogP contribution in [0.1, 0.15) is 68.1 Å². The number of carbonyl (C=O) groups excluding carboxylic acids is 1. The zero-order valence-electron chi connectivity index (χ0n) is 17.1. The monoisotopic (exact) mass is 382 g/mol. The van der Waals surface area contributed by atoms with Crippen molar-refractivity contribution in [2.75, 3.05) is 26.2 Å². The van der Waals surface area contributed by atoms with Crippen LogP contribution in [0.25, 0.3) is 0 Å². The van der Waals surface area contributed by atoms with Crippen molar-refractivity contribution in [2.24, 2.45) is 0 Å². The molecule has 28 heavy (non-hydrogen) atoms. The van der Waals surface area contributed by atoms with Crippen LogP contribution in [-0.4, -0.2) is 53.6 Å². The largest absolute Gasteiger partial charge is 0.376 e. The average Bonchev–Trinajstić information content (AvgIpc) is 3.40. The molecule has 0 aromatic heterocycles. The number of carbonyl (C=O) groups is 1. The molecule has 152 valence electrons. The molecule has 5 rings (SSSR count). The highest BCUT2D eigenvalue weighted by Crippen LogP contribution is 2.40. The lowest BCUT2D eigenvalue weighted by molar-refractivity contribution is -0.133. The number of amides is 1. The Bertz CT molecular complexity index is 727. The number of nitrogens with zero attached hydrogens (tertiary/aromatic N) is 2. The van der Waals surface area contributed by atoms with Gasteiger partial charge in [0, 0.05) is 38.2 Å². The number of aryl methyl sites for hydroxylation is 2. The summed E-state index contributed by atoms with van der Waals surface area (Å²) in [6, 6.07) is 7.15. The van der Waals surface area contributed by atoms with Gasteiger partial charge in [0.2, 0.25) is 5.91 Å². The molecule has 2 atom stereocenters. The van der Waals surface area contributed by atoms with Crippen LogP contribution in [0.3, 0.4) is 0 Å². The smallest absolute Gasteiger partial charge is 0.223 e. The van der Waals surface area contributed by atoms with Crippen molar-refractivity contribution < 1.29 is 9.53 Å². The van der Waals surface area contributed by atoms with Crippen molar-refractivity contribution in [2.45, 2.75) is 82.4 Å². The van der Waals surface area contributed by atoms with Gasteiger partial charge in [0.25, 0.3) is 0 Å². The standard InChI is InChI=1S/C24H34N2O2/c27-23-9-11-24(26(23)18-22-6-2-15-28-22)10-3-13-25(14-12-24)17-19-7-8-20-4-1-5-21(20)16-19/h7-8,16,22H,1-6,9-15,17-18H2/t22-,24+/m1/s1. The highest BCUT2D eigenvalue weighted by atomic mass is 16.5. The van der Waals surface area contributed by atoms with E-state index in [2.05, 4.69) is 28.0 Å². The second kappa shape index (κ2) is 7.79. The highest BCUT2D eigenvalue weighted by molar-refractivity contribution is 5.79. The third kappa shape index (κ3) is 3.61. The first-order valence-corrected chi connectivity index (χ1v) is 11.5. The first kappa shape index (κ1) is 18.6. The Kier molecular flexibility index (Phi) is 5.18. The average molecular weight is 383 g/mol. The highest BCUT2D eigenvalue weighted by Gasteiger charge is 2.46. The minimum atomic E-state index is 0.0930. The van der Waals surface area contributed by atoms with Crippen molar-refractivity contribution in [3.8, 4) is 0 Å². The van der Waals surface area contributed by atoms with E-state index in [1.165, 1.54) is 31.2 Å². The van der Waals surface area contributed by atoms with E-state index in [0.29, 0.717) is 5.91 Å². The third-order valence-corrected chi connectivity index (χ3v) is 7.67. The molecular weight excluding hydrogens is 348 g/mol. The fraction of sp³-hybridized carbons (Fsp3) is 0.708. The van der Waals surface area contributed by atoms with Gasteiger partial charge in [-0.15, -0.1) is 0 Å². The van der Waals surface area contributed by atoms with Gasteiger partial charge in [0.05, 0.1) is 6.10 Å². The van der Waals surface area contributed by atoms with Gasteiger partial charge in [-0.25, -0.2) is 0 Å². The molecular formula is C24H34N2O2. The van der Waals surface area contributed by atoms with Gasteiger partial charge in [-0.1, -0.05) is 18.2 Å². The van der Waals surface area contributed by atoms with Gasteiger partial charge >= 0.3 is 0 Å². The summed E-state index contributed by atoms with van der Waals surface area (Å²) in [5.74, 6) is 0.363. The minimum Gasteiger partial charge on any atom is -0.376 e. The SMILES string of the molecule is O=C1CC[C@]2(CCCN(Cc3ccc4c(c3)CCC4)CC2)N1C[C@H]1CCCO1. The van der Waals surface area contributed by atoms with Crippen molar-refractivity contribution in [3.05, 3.63) is 34.9 Å². The zero-order chi connectivity index (χ0) is 19.0. The molecule has 0 saturated carbocycles. The summed E-state index contributed by atoms with van der Waals surface area (Å²) in [5.41, 5.74) is 4.70. The molecule has 4 heteroatoms. The minimum absolute atomic E-state index is 0.0930. The molecule has 1 aliphatic carbocycles. The van der Waals surface area contributed by atoms with E-state index in [0.717, 1.165) is 71.3 Å². The normalized spacial score (nSPS) is 30.9. The van der Waals surface area contributed by atoms with Crippen LogP contribution >= 0.6 is 0 Å². The number of benzene rings is 1. The van der Waals surface area contributed by atoms with E-state index in [1.54, 1.807) is 11.1 Å². The van der Waals surface area contributed by atoms with Crippen LogP contribution in [0.5, 0.6) is 0 Å². The van der Waals surface area contributed by atoms with Crippen LogP contribution in [-0.2, 0) is 28.9 Å². The lowest BCUT2D eigenvalue weighted by Gasteiger charge is -2.39. The molecule has 0 unspecified atom stereocenters. The van der Waals surface area contributed by atoms with E-state index < -0.39 is 0 Å². The number of hydrogen-bond donors (Lipinski definition) is 0. The number of likely N-dealkylation sites (tertiary alicyclic amines) is 2. The van der Waals surface area contributed by atoms with Crippen molar-refractivity contribution in [1.82, 2.24) is 9.80 Å². The first-order chi connectivity index (χ1) is 13.7. The second-order valence-electron chi connectivity index (χ2n) is 9.45. The quantitative estimate of drug-likeness (QED) is 0.796. The van der Waals surface area contributed by atoms with Gasteiger partial charge in [0.1, 0.15) is 0 Å². The Balaban J connectivity index is 1.24. The van der Waals surface area contributed by atoms with Crippen molar-refractivity contribution in [1.29, 1.82) is 0 Å². The summed E-state index contributed by atoms with van der Waals surface area (Å²) in [5, 5.41) is 0. The molecule has 1 amide bonds. The second-order valence-corrected chi connectivity index (χ2v) is 9.45. The zero-order valence-corrected chi connectivity index (χ0v) is 17.1. The number of fused-ring (bicyclic) bond motifs is 1. The lowest BCUT2D eigenvalue weighted by Crippen LogP contribution is -2.49. The molecule has 1 aromatic carbocycles. The van der Waals surface area contributed by atoms with E-state index in [4.69, 9.17) is 4.74 Å². The fourth-order valence-corrected chi connectivity index (χ4v) is 6.06. The Labute approximate surface area is 169 Å². The maximum atomic E-state index is 12.7. The Hall–Kier alpha value is -1.39. The molecule has 4 aliphatic rings. The summed E-state index contributed by atoms with van der Waals surface area (Å²) >= 11 is 0. The molecule has 3 aliphatic heterocycles. The maximum absolute atomic E-state index is 12.7. The number of hydrogen-bond acceptors (Lipinski definition) is 3. The van der Waals surface area contributed by atoms with Crippen LogP contribution in [0.15, 0.2) is 18.2 Å². The molecule has 1 aromatic rings. The fourth-order valence-electron chi connectivity index (χ4n) is 6.06. The van der Waals surface area contributed by atoms with Crippen LogP contribution < -0.4 is 0 Å². The molecule has 3 fully saturated rings. The predicted octanol–water partition coefficient (Wildman–Crippen LogP) is 3.70. The number of ether oxygens (including phenoxy) is 1. The molecule has 4 nitrogen and oxygen atoms in total. The molecule has 0 radical (unpaired) electrons. The van der Waals surface area contributed by atoms with Gasteiger partial charge in [-0.05, 0) is 81.0 Å². The molecule has 3 saturated heterocycles. The van der Waals surface area contributed by atoms with Gasteiger partial charge < -0.3 is 9.64 Å². The maximum Gasteiger partial charge on any atom is 0.223 e. The summed E-state index contributed by atoms with van der Waals surface area (Å²) in [4.78, 5) is 17.5. The van der Waals surface area contributed by atoms with E-state index in [-0.39, 0.29) is 11.6 Å². The summed E-state index contributed by atoms with van der Waals surface area (Å²) in [6.07, 6.45) is 11.6. The molecule has 1 spiro atoms. The summed E-state index contributed by atoms with van der Waals surface area (Å²) in [6.45, 7) is 5.01. The van der Waals surface area contributed by atoms with Crippen LogP contribution in [0.2, 0.25) is 0 Å². The lowest BCUT2D eigenvalue weighted by atomic mass is 9.87. The van der Waals surface area contributed by atoms with Crippen LogP contribution in [0, 0.1) is 0 Å². The van der Waals surface area contributed by atoms with E-state index in [1.807, 2.05) is 0 Å². The Morgan fingerprint density at radius 1 is 1.00 bits per heavy atom. The van der Waals surface area contributed by atoms with Crippen molar-refractivity contribution in [3.63, 3.8) is 0 Å². The van der Waals surface area contributed by atoms with Crippen molar-refractivity contribution >= 4 is 5.91 Å². The van der Waals surface area contributed by atoms with Crippen LogP contribution in [0.4, 0.5) is 0 Å². The Morgan fingerprint density at radius 2 is 1.93 bits per heavy atom. The summed E-state index contributed by atoms with van der Waals surface area (Å²) in [7, 11) is 0. The van der Waals surface area contributed by atoms with E-state index in [9.17, 15) is 4.79 Å². The van der Waals surface area contributed by atoms with Gasteiger partial charge in [-0.2, -0.15) is 0 Å². The van der Waals surface area contributed by atoms with Gasteiger partial charge in [-0.3, -0.25) is 9.69 Å².